The van der Waals surface area contributed by atoms with Gasteiger partial charge in [0.2, 0.25) is 17.6 Å². The molecule has 6 nitrogen and oxygen atoms in total. The van der Waals surface area contributed by atoms with Crippen LogP contribution in [0, 0.1) is 5.41 Å². The van der Waals surface area contributed by atoms with Gasteiger partial charge in [-0.25, -0.2) is 4.79 Å². The third-order valence-corrected chi connectivity index (χ3v) is 4.66. The largest absolute Gasteiger partial charge is 0.463 e. The molecular formula is C16H19NO5. The monoisotopic (exact) mass is 305 g/mol. The number of carbonyl (C=O) groups is 3. The van der Waals surface area contributed by atoms with E-state index in [2.05, 4.69) is 4.74 Å². The van der Waals surface area contributed by atoms with Gasteiger partial charge in [0.1, 0.15) is 5.76 Å². The van der Waals surface area contributed by atoms with Crippen molar-refractivity contribution in [2.75, 3.05) is 7.11 Å². The van der Waals surface area contributed by atoms with Gasteiger partial charge < -0.3 is 9.15 Å². The van der Waals surface area contributed by atoms with Gasteiger partial charge in [0.25, 0.3) is 0 Å². The highest BCUT2D eigenvalue weighted by molar-refractivity contribution is 6.05. The van der Waals surface area contributed by atoms with E-state index in [9.17, 15) is 14.4 Å². The summed E-state index contributed by atoms with van der Waals surface area (Å²) < 4.78 is 9.92. The van der Waals surface area contributed by atoms with Crippen molar-refractivity contribution in [3.63, 3.8) is 0 Å². The molecule has 1 saturated heterocycles. The van der Waals surface area contributed by atoms with Crippen molar-refractivity contribution in [1.82, 2.24) is 4.90 Å². The number of esters is 1. The Morgan fingerprint density at radius 3 is 2.68 bits per heavy atom. The van der Waals surface area contributed by atoms with Crippen LogP contribution in [0.2, 0.25) is 0 Å². The highest BCUT2D eigenvalue weighted by Gasteiger charge is 2.51. The molecule has 1 spiro atoms. The molecule has 1 aliphatic heterocycles. The van der Waals surface area contributed by atoms with E-state index < -0.39 is 11.4 Å². The lowest BCUT2D eigenvalue weighted by molar-refractivity contribution is -0.143. The molecule has 3 rings (SSSR count). The highest BCUT2D eigenvalue weighted by atomic mass is 16.5. The Labute approximate surface area is 128 Å². The van der Waals surface area contributed by atoms with Crippen LogP contribution in [-0.2, 0) is 20.9 Å². The lowest BCUT2D eigenvalue weighted by Crippen LogP contribution is -2.36. The molecule has 2 heterocycles. The fourth-order valence-corrected chi connectivity index (χ4v) is 3.47. The second-order valence-corrected chi connectivity index (χ2v) is 6.06. The quantitative estimate of drug-likeness (QED) is 0.632. The first-order valence-electron chi connectivity index (χ1n) is 7.57. The Hall–Kier alpha value is -2.11. The molecule has 2 fully saturated rings. The number of imide groups is 1. The number of hydrogen-bond donors (Lipinski definition) is 0. The van der Waals surface area contributed by atoms with Gasteiger partial charge in [-0.1, -0.05) is 19.3 Å². The summed E-state index contributed by atoms with van der Waals surface area (Å²) in [6, 6.07) is 3.08. The van der Waals surface area contributed by atoms with E-state index in [1.807, 2.05) is 0 Å². The molecule has 1 aliphatic carbocycles. The molecule has 118 valence electrons. The van der Waals surface area contributed by atoms with Gasteiger partial charge >= 0.3 is 5.97 Å². The summed E-state index contributed by atoms with van der Waals surface area (Å²) in [5.41, 5.74) is -0.493. The Kier molecular flexibility index (Phi) is 3.76. The van der Waals surface area contributed by atoms with E-state index in [4.69, 9.17) is 4.42 Å². The zero-order valence-electron chi connectivity index (χ0n) is 12.6. The lowest BCUT2D eigenvalue weighted by atomic mass is 9.73. The standard InChI is InChI=1S/C16H19NO5/c1-21-14(19)12-6-5-11(22-12)10-17-13(18)9-16(15(17)20)7-3-2-4-8-16/h5-6H,2-4,7-10H2,1H3. The van der Waals surface area contributed by atoms with Crippen LogP contribution in [0.1, 0.15) is 54.8 Å². The molecule has 0 bridgehead atoms. The molecule has 6 heteroatoms. The van der Waals surface area contributed by atoms with Gasteiger partial charge in [-0.3, -0.25) is 14.5 Å². The van der Waals surface area contributed by atoms with Gasteiger partial charge in [-0.2, -0.15) is 0 Å². The fraction of sp³-hybridized carbons (Fsp3) is 0.562. The summed E-state index contributed by atoms with van der Waals surface area (Å²) in [5, 5.41) is 0. The molecule has 1 aromatic heterocycles. The van der Waals surface area contributed by atoms with Crippen LogP contribution in [0.5, 0.6) is 0 Å². The second-order valence-electron chi connectivity index (χ2n) is 6.06. The lowest BCUT2D eigenvalue weighted by Gasteiger charge is -2.30. The number of furan rings is 1. The fourth-order valence-electron chi connectivity index (χ4n) is 3.47. The average molecular weight is 305 g/mol. The molecule has 0 N–H and O–H groups in total. The minimum Gasteiger partial charge on any atom is -0.463 e. The van der Waals surface area contributed by atoms with E-state index in [1.165, 1.54) is 18.1 Å². The molecule has 0 unspecified atom stereocenters. The van der Waals surface area contributed by atoms with Crippen LogP contribution in [0.3, 0.4) is 0 Å². The van der Waals surface area contributed by atoms with E-state index in [-0.39, 0.29) is 24.1 Å². The third-order valence-electron chi connectivity index (χ3n) is 4.66. The zero-order chi connectivity index (χ0) is 15.7. The summed E-state index contributed by atoms with van der Waals surface area (Å²) in [6.07, 6.45) is 5.01. The molecule has 22 heavy (non-hydrogen) atoms. The first-order chi connectivity index (χ1) is 10.6. The topological polar surface area (TPSA) is 76.8 Å². The number of ether oxygens (including phenoxy) is 1. The molecule has 0 aromatic carbocycles. The van der Waals surface area contributed by atoms with Crippen LogP contribution in [0.25, 0.3) is 0 Å². The predicted molar refractivity (Wildman–Crippen MR) is 75.7 cm³/mol. The van der Waals surface area contributed by atoms with Crippen LogP contribution >= 0.6 is 0 Å². The number of rotatable bonds is 3. The first-order valence-corrected chi connectivity index (χ1v) is 7.57. The third kappa shape index (κ3) is 2.42. The molecule has 1 saturated carbocycles. The zero-order valence-corrected chi connectivity index (χ0v) is 12.6. The van der Waals surface area contributed by atoms with E-state index >= 15 is 0 Å². The van der Waals surface area contributed by atoms with Crippen LogP contribution in [0.15, 0.2) is 16.5 Å². The maximum absolute atomic E-state index is 12.7. The van der Waals surface area contributed by atoms with Crippen molar-refractivity contribution in [2.45, 2.75) is 45.1 Å². The number of carbonyl (C=O) groups excluding carboxylic acids is 3. The maximum atomic E-state index is 12.7. The summed E-state index contributed by atoms with van der Waals surface area (Å²) in [4.78, 5) is 37.5. The molecule has 0 radical (unpaired) electrons. The summed E-state index contributed by atoms with van der Waals surface area (Å²) >= 11 is 0. The van der Waals surface area contributed by atoms with E-state index in [1.54, 1.807) is 6.07 Å². The number of likely N-dealkylation sites (tertiary alicyclic amines) is 1. The molecule has 2 aliphatic rings. The molecule has 1 aromatic rings. The molecule has 0 atom stereocenters. The normalized spacial score (nSPS) is 20.7. The summed E-state index contributed by atoms with van der Waals surface area (Å²) in [5.74, 6) is -0.329. The first kappa shape index (κ1) is 14.8. The number of hydrogen-bond acceptors (Lipinski definition) is 5. The van der Waals surface area contributed by atoms with Gasteiger partial charge in [0.05, 0.1) is 19.1 Å². The van der Waals surface area contributed by atoms with Gasteiger partial charge in [0.15, 0.2) is 0 Å². The van der Waals surface area contributed by atoms with Crippen molar-refractivity contribution in [3.8, 4) is 0 Å². The van der Waals surface area contributed by atoms with E-state index in [0.717, 1.165) is 32.1 Å². The number of methoxy groups -OCH3 is 1. The van der Waals surface area contributed by atoms with Gasteiger partial charge in [0, 0.05) is 6.42 Å². The Balaban J connectivity index is 1.75. The van der Waals surface area contributed by atoms with Crippen molar-refractivity contribution in [1.29, 1.82) is 0 Å². The van der Waals surface area contributed by atoms with Crippen molar-refractivity contribution in [3.05, 3.63) is 23.7 Å². The van der Waals surface area contributed by atoms with E-state index in [0.29, 0.717) is 12.2 Å². The summed E-state index contributed by atoms with van der Waals surface area (Å²) in [7, 11) is 1.27. The number of nitrogens with zero attached hydrogens (tertiary/aromatic N) is 1. The molecular weight excluding hydrogens is 286 g/mol. The van der Waals surface area contributed by atoms with Crippen LogP contribution < -0.4 is 0 Å². The van der Waals surface area contributed by atoms with Crippen LogP contribution in [-0.4, -0.2) is 29.8 Å². The predicted octanol–water partition coefficient (Wildman–Crippen LogP) is 2.28. The van der Waals surface area contributed by atoms with Crippen molar-refractivity contribution >= 4 is 17.8 Å². The van der Waals surface area contributed by atoms with Crippen LogP contribution in [0.4, 0.5) is 0 Å². The maximum Gasteiger partial charge on any atom is 0.373 e. The highest BCUT2D eigenvalue weighted by Crippen LogP contribution is 2.45. The Morgan fingerprint density at radius 2 is 2.00 bits per heavy atom. The Bertz CT molecular complexity index is 612. The molecule has 2 amide bonds. The second kappa shape index (κ2) is 5.59. The smallest absolute Gasteiger partial charge is 0.373 e. The number of amides is 2. The van der Waals surface area contributed by atoms with Crippen molar-refractivity contribution in [2.24, 2.45) is 5.41 Å². The minimum atomic E-state index is -0.575. The van der Waals surface area contributed by atoms with Crippen molar-refractivity contribution < 1.29 is 23.5 Å². The summed E-state index contributed by atoms with van der Waals surface area (Å²) in [6.45, 7) is 0.0798. The van der Waals surface area contributed by atoms with Gasteiger partial charge in [-0.15, -0.1) is 0 Å². The Morgan fingerprint density at radius 1 is 1.27 bits per heavy atom. The minimum absolute atomic E-state index is 0.0731. The van der Waals surface area contributed by atoms with Gasteiger partial charge in [-0.05, 0) is 25.0 Å². The SMILES string of the molecule is COC(=O)c1ccc(CN2C(=O)CC3(CCCCC3)C2=O)o1. The average Bonchev–Trinajstić information content (AvgIpc) is 3.07.